The summed E-state index contributed by atoms with van der Waals surface area (Å²) < 4.78 is 0.953. The summed E-state index contributed by atoms with van der Waals surface area (Å²) >= 11 is 3.39. The lowest BCUT2D eigenvalue weighted by Crippen LogP contribution is -2.13. The molecule has 0 radical (unpaired) electrons. The second-order valence-electron chi connectivity index (χ2n) is 4.55. The van der Waals surface area contributed by atoms with Gasteiger partial charge in [0.05, 0.1) is 0 Å². The van der Waals surface area contributed by atoms with Gasteiger partial charge in [-0.3, -0.25) is 9.59 Å². The summed E-state index contributed by atoms with van der Waals surface area (Å²) in [5.41, 5.74) is 2.98. The summed E-state index contributed by atoms with van der Waals surface area (Å²) in [5.74, 6) is -0.0182. The predicted molar refractivity (Wildman–Crippen MR) is 83.2 cm³/mol. The molecule has 2 rings (SSSR count). The highest BCUT2D eigenvalue weighted by molar-refractivity contribution is 9.10. The van der Waals surface area contributed by atoms with Gasteiger partial charge in [0.25, 0.3) is 0 Å². The number of hydrogen-bond donors (Lipinski definition) is 0. The van der Waals surface area contributed by atoms with Crippen molar-refractivity contribution in [2.75, 3.05) is 11.9 Å². The Labute approximate surface area is 126 Å². The molecule has 0 spiro atoms. The van der Waals surface area contributed by atoms with Gasteiger partial charge in [-0.25, -0.2) is 0 Å². The van der Waals surface area contributed by atoms with E-state index in [0.717, 1.165) is 22.1 Å². The smallest absolute Gasteiger partial charge is 0.213 e. The third-order valence-corrected chi connectivity index (χ3v) is 3.62. The minimum Gasteiger partial charge on any atom is -0.318 e. The number of nitrogens with zero attached hydrogens (tertiary/aromatic N) is 1. The van der Waals surface area contributed by atoms with E-state index in [9.17, 15) is 9.59 Å². The van der Waals surface area contributed by atoms with E-state index in [0.29, 0.717) is 11.1 Å². The SMILES string of the molecule is Cc1cc(Br)ccc1C(=O)c1ccc(N(C)C=O)cc1. The fourth-order valence-corrected chi connectivity index (χ4v) is 2.42. The quantitative estimate of drug-likeness (QED) is 0.634. The summed E-state index contributed by atoms with van der Waals surface area (Å²) in [6.07, 6.45) is 0.732. The highest BCUT2D eigenvalue weighted by Crippen LogP contribution is 2.20. The van der Waals surface area contributed by atoms with Gasteiger partial charge in [-0.05, 0) is 55.0 Å². The highest BCUT2D eigenvalue weighted by atomic mass is 79.9. The van der Waals surface area contributed by atoms with Gasteiger partial charge in [0.15, 0.2) is 5.78 Å². The number of aryl methyl sites for hydroxylation is 1. The number of ketones is 1. The molecular weight excluding hydrogens is 318 g/mol. The average molecular weight is 332 g/mol. The van der Waals surface area contributed by atoms with E-state index >= 15 is 0 Å². The molecule has 3 nitrogen and oxygen atoms in total. The normalized spacial score (nSPS) is 10.2. The van der Waals surface area contributed by atoms with Crippen molar-refractivity contribution in [2.24, 2.45) is 0 Å². The summed E-state index contributed by atoms with van der Waals surface area (Å²) in [6.45, 7) is 1.91. The lowest BCUT2D eigenvalue weighted by Gasteiger charge is -2.11. The monoisotopic (exact) mass is 331 g/mol. The van der Waals surface area contributed by atoms with Crippen LogP contribution in [0.1, 0.15) is 21.5 Å². The molecule has 0 bridgehead atoms. The standard InChI is InChI=1S/C16H14BrNO2/c1-11-9-13(17)5-8-15(11)16(20)12-3-6-14(7-4-12)18(2)10-19/h3-10H,1-2H3. The minimum atomic E-state index is -0.0182. The van der Waals surface area contributed by atoms with Crippen molar-refractivity contribution in [1.82, 2.24) is 0 Å². The second kappa shape index (κ2) is 6.01. The first-order valence-electron chi connectivity index (χ1n) is 6.12. The Morgan fingerprint density at radius 3 is 2.35 bits per heavy atom. The van der Waals surface area contributed by atoms with Crippen LogP contribution in [0.25, 0.3) is 0 Å². The fourth-order valence-electron chi connectivity index (χ4n) is 1.95. The molecular formula is C16H14BrNO2. The molecule has 4 heteroatoms. The summed E-state index contributed by atoms with van der Waals surface area (Å²) in [5, 5.41) is 0. The lowest BCUT2D eigenvalue weighted by atomic mass is 9.99. The lowest BCUT2D eigenvalue weighted by molar-refractivity contribution is -0.107. The first-order chi connectivity index (χ1) is 9.52. The van der Waals surface area contributed by atoms with Crippen LogP contribution in [0.3, 0.4) is 0 Å². The van der Waals surface area contributed by atoms with E-state index in [4.69, 9.17) is 0 Å². The van der Waals surface area contributed by atoms with Crippen molar-refractivity contribution in [3.8, 4) is 0 Å². The Bertz CT molecular complexity index is 650. The molecule has 0 heterocycles. The predicted octanol–water partition coefficient (Wildman–Crippen LogP) is 3.58. The topological polar surface area (TPSA) is 37.4 Å². The van der Waals surface area contributed by atoms with E-state index in [1.54, 1.807) is 31.3 Å². The highest BCUT2D eigenvalue weighted by Gasteiger charge is 2.12. The van der Waals surface area contributed by atoms with E-state index in [-0.39, 0.29) is 5.78 Å². The van der Waals surface area contributed by atoms with Crippen LogP contribution < -0.4 is 4.90 Å². The first kappa shape index (κ1) is 14.5. The minimum absolute atomic E-state index is 0.0182. The Balaban J connectivity index is 2.31. The van der Waals surface area contributed by atoms with Crippen LogP contribution in [0.4, 0.5) is 5.69 Å². The van der Waals surface area contributed by atoms with Crippen molar-refractivity contribution in [2.45, 2.75) is 6.92 Å². The van der Waals surface area contributed by atoms with Crippen LogP contribution in [-0.2, 0) is 4.79 Å². The van der Waals surface area contributed by atoms with Gasteiger partial charge in [0.2, 0.25) is 6.41 Å². The number of carbonyl (C=O) groups excluding carboxylic acids is 2. The van der Waals surface area contributed by atoms with Crippen LogP contribution in [0.2, 0.25) is 0 Å². The molecule has 0 aromatic heterocycles. The molecule has 0 N–H and O–H groups in total. The number of halogens is 1. The number of amides is 1. The molecule has 0 saturated carbocycles. The van der Waals surface area contributed by atoms with Crippen molar-refractivity contribution >= 4 is 33.8 Å². The third-order valence-electron chi connectivity index (χ3n) is 3.13. The molecule has 2 aromatic rings. The molecule has 0 aliphatic heterocycles. The Morgan fingerprint density at radius 2 is 1.80 bits per heavy atom. The fraction of sp³-hybridized carbons (Fsp3) is 0.125. The number of benzene rings is 2. The zero-order valence-electron chi connectivity index (χ0n) is 11.3. The number of rotatable bonds is 4. The number of hydrogen-bond acceptors (Lipinski definition) is 2. The van der Waals surface area contributed by atoms with Crippen LogP contribution in [0.5, 0.6) is 0 Å². The molecule has 0 saturated heterocycles. The molecule has 0 aliphatic rings. The summed E-state index contributed by atoms with van der Waals surface area (Å²) in [4.78, 5) is 24.6. The maximum absolute atomic E-state index is 12.4. The van der Waals surface area contributed by atoms with Gasteiger partial charge in [-0.2, -0.15) is 0 Å². The maximum atomic E-state index is 12.4. The van der Waals surface area contributed by atoms with E-state index in [1.807, 2.05) is 25.1 Å². The van der Waals surface area contributed by atoms with Gasteiger partial charge in [0.1, 0.15) is 0 Å². The van der Waals surface area contributed by atoms with Crippen LogP contribution in [-0.4, -0.2) is 19.2 Å². The van der Waals surface area contributed by atoms with Crippen molar-refractivity contribution < 1.29 is 9.59 Å². The van der Waals surface area contributed by atoms with Crippen molar-refractivity contribution in [1.29, 1.82) is 0 Å². The van der Waals surface area contributed by atoms with E-state index in [1.165, 1.54) is 4.90 Å². The summed E-state index contributed by atoms with van der Waals surface area (Å²) in [6, 6.07) is 12.6. The maximum Gasteiger partial charge on any atom is 0.213 e. The van der Waals surface area contributed by atoms with Gasteiger partial charge in [0, 0.05) is 28.3 Å². The zero-order chi connectivity index (χ0) is 14.7. The summed E-state index contributed by atoms with van der Waals surface area (Å²) in [7, 11) is 1.67. The molecule has 0 unspecified atom stereocenters. The Kier molecular flexibility index (Phi) is 4.35. The second-order valence-corrected chi connectivity index (χ2v) is 5.47. The number of anilines is 1. The average Bonchev–Trinajstić information content (AvgIpc) is 2.46. The van der Waals surface area contributed by atoms with Gasteiger partial charge in [-0.1, -0.05) is 15.9 Å². The number of carbonyl (C=O) groups is 2. The van der Waals surface area contributed by atoms with Crippen LogP contribution >= 0.6 is 15.9 Å². The molecule has 1 amide bonds. The van der Waals surface area contributed by atoms with Crippen molar-refractivity contribution in [3.05, 3.63) is 63.6 Å². The van der Waals surface area contributed by atoms with Gasteiger partial charge >= 0.3 is 0 Å². The molecule has 0 aliphatic carbocycles. The molecule has 20 heavy (non-hydrogen) atoms. The Hall–Kier alpha value is -1.94. The molecule has 0 atom stereocenters. The largest absolute Gasteiger partial charge is 0.318 e. The van der Waals surface area contributed by atoms with Crippen LogP contribution in [0, 0.1) is 6.92 Å². The first-order valence-corrected chi connectivity index (χ1v) is 6.91. The molecule has 2 aromatic carbocycles. The Morgan fingerprint density at radius 1 is 1.15 bits per heavy atom. The van der Waals surface area contributed by atoms with Gasteiger partial charge < -0.3 is 4.90 Å². The molecule has 102 valence electrons. The van der Waals surface area contributed by atoms with E-state index < -0.39 is 0 Å². The zero-order valence-corrected chi connectivity index (χ0v) is 12.8. The van der Waals surface area contributed by atoms with Gasteiger partial charge in [-0.15, -0.1) is 0 Å². The van der Waals surface area contributed by atoms with Crippen LogP contribution in [0.15, 0.2) is 46.9 Å². The van der Waals surface area contributed by atoms with E-state index in [2.05, 4.69) is 15.9 Å². The third kappa shape index (κ3) is 2.96. The molecule has 0 fully saturated rings. The van der Waals surface area contributed by atoms with Crippen molar-refractivity contribution in [3.63, 3.8) is 0 Å².